The summed E-state index contributed by atoms with van der Waals surface area (Å²) >= 11 is 0. The number of aryl methyl sites for hydroxylation is 2. The van der Waals surface area contributed by atoms with E-state index < -0.39 is 0 Å². The summed E-state index contributed by atoms with van der Waals surface area (Å²) in [5, 5.41) is 11.4. The predicted octanol–water partition coefficient (Wildman–Crippen LogP) is 3.02. The lowest BCUT2D eigenvalue weighted by molar-refractivity contribution is 0.681. The minimum atomic E-state index is 0. The Morgan fingerprint density at radius 3 is 2.41 bits per heavy atom. The van der Waals surface area contributed by atoms with E-state index in [1.54, 1.807) is 0 Å². The van der Waals surface area contributed by atoms with Crippen LogP contribution in [0.2, 0.25) is 0 Å². The van der Waals surface area contributed by atoms with Gasteiger partial charge in [0.25, 0.3) is 0 Å². The molecule has 22 heavy (non-hydrogen) atoms. The molecule has 0 fully saturated rings. The first-order valence-electron chi connectivity index (χ1n) is 8.15. The Labute approximate surface area is 152 Å². The van der Waals surface area contributed by atoms with Crippen LogP contribution in [0.4, 0.5) is 0 Å². The van der Waals surface area contributed by atoms with Gasteiger partial charge in [-0.15, -0.1) is 24.0 Å². The smallest absolute Gasteiger partial charge is 0.191 e. The van der Waals surface area contributed by atoms with Gasteiger partial charge in [0, 0.05) is 38.4 Å². The first-order valence-corrected chi connectivity index (χ1v) is 8.15. The molecule has 6 heteroatoms. The number of hydrogen-bond acceptors (Lipinski definition) is 2. The van der Waals surface area contributed by atoms with Gasteiger partial charge in [-0.1, -0.05) is 33.6 Å². The topological polar surface area (TPSA) is 54.2 Å². The Bertz CT molecular complexity index is 454. The summed E-state index contributed by atoms with van der Waals surface area (Å²) in [4.78, 5) is 4.29. The fourth-order valence-corrected chi connectivity index (χ4v) is 2.57. The third-order valence-corrected chi connectivity index (χ3v) is 3.76. The van der Waals surface area contributed by atoms with E-state index in [0.29, 0.717) is 0 Å². The van der Waals surface area contributed by atoms with E-state index >= 15 is 0 Å². The fourth-order valence-electron chi connectivity index (χ4n) is 2.57. The molecular formula is C16H32IN5. The van der Waals surface area contributed by atoms with Crippen molar-refractivity contribution in [1.82, 2.24) is 20.4 Å². The van der Waals surface area contributed by atoms with Crippen LogP contribution in [-0.4, -0.2) is 29.3 Å². The van der Waals surface area contributed by atoms with E-state index in [-0.39, 0.29) is 24.0 Å². The quantitative estimate of drug-likeness (QED) is 0.294. The summed E-state index contributed by atoms with van der Waals surface area (Å²) in [6.07, 6.45) is 5.65. The molecule has 1 rings (SSSR count). The highest BCUT2D eigenvalue weighted by Gasteiger charge is 2.13. The molecule has 0 amide bonds. The first-order chi connectivity index (χ1) is 10.2. The monoisotopic (exact) mass is 421 g/mol. The lowest BCUT2D eigenvalue weighted by atomic mass is 10.1. The van der Waals surface area contributed by atoms with E-state index in [0.717, 1.165) is 31.9 Å². The molecule has 0 spiro atoms. The summed E-state index contributed by atoms with van der Waals surface area (Å²) in [6.45, 7) is 8.31. The zero-order valence-electron chi connectivity index (χ0n) is 14.7. The van der Waals surface area contributed by atoms with E-state index in [1.807, 2.05) is 18.8 Å². The van der Waals surface area contributed by atoms with Crippen molar-refractivity contribution in [3.05, 3.63) is 17.0 Å². The van der Waals surface area contributed by atoms with Crippen LogP contribution in [0.25, 0.3) is 0 Å². The van der Waals surface area contributed by atoms with Crippen molar-refractivity contribution in [1.29, 1.82) is 0 Å². The molecule has 1 aromatic rings. The maximum Gasteiger partial charge on any atom is 0.191 e. The first kappa shape index (κ1) is 21.2. The van der Waals surface area contributed by atoms with Gasteiger partial charge in [0.15, 0.2) is 5.96 Å². The number of nitrogens with zero attached hydrogens (tertiary/aromatic N) is 3. The van der Waals surface area contributed by atoms with E-state index in [9.17, 15) is 0 Å². The van der Waals surface area contributed by atoms with Crippen molar-refractivity contribution in [2.75, 3.05) is 13.6 Å². The molecule has 0 atom stereocenters. The summed E-state index contributed by atoms with van der Waals surface area (Å²) in [5.41, 5.74) is 3.81. The predicted molar refractivity (Wildman–Crippen MR) is 105 cm³/mol. The second-order valence-electron chi connectivity index (χ2n) is 5.26. The number of aliphatic imine (C=N–C) groups is 1. The van der Waals surface area contributed by atoms with Crippen molar-refractivity contribution in [3.63, 3.8) is 0 Å². The number of rotatable bonds is 8. The number of guanidine groups is 1. The van der Waals surface area contributed by atoms with Crippen LogP contribution in [0.3, 0.4) is 0 Å². The molecular weight excluding hydrogens is 389 g/mol. The maximum absolute atomic E-state index is 4.61. The van der Waals surface area contributed by atoms with Crippen molar-refractivity contribution in [2.45, 2.75) is 59.4 Å². The zero-order chi connectivity index (χ0) is 15.7. The Balaban J connectivity index is 0.00000441. The maximum atomic E-state index is 4.61. The van der Waals surface area contributed by atoms with E-state index in [1.165, 1.54) is 36.2 Å². The van der Waals surface area contributed by atoms with Gasteiger partial charge < -0.3 is 10.6 Å². The Morgan fingerprint density at radius 2 is 1.86 bits per heavy atom. The number of halogens is 1. The van der Waals surface area contributed by atoms with Gasteiger partial charge in [-0.25, -0.2) is 0 Å². The number of unbranched alkanes of at least 4 members (excludes halogenated alkanes) is 2. The van der Waals surface area contributed by atoms with Gasteiger partial charge in [-0.2, -0.15) is 5.10 Å². The van der Waals surface area contributed by atoms with Gasteiger partial charge in [-0.3, -0.25) is 9.67 Å². The average molecular weight is 421 g/mol. The van der Waals surface area contributed by atoms with Crippen LogP contribution in [-0.2, 0) is 26.4 Å². The third kappa shape index (κ3) is 6.14. The molecule has 1 aromatic heterocycles. The normalized spacial score (nSPS) is 11.2. The number of aromatic nitrogens is 2. The van der Waals surface area contributed by atoms with Crippen LogP contribution >= 0.6 is 24.0 Å². The molecule has 0 aromatic carbocycles. The highest BCUT2D eigenvalue weighted by atomic mass is 127. The van der Waals surface area contributed by atoms with E-state index in [2.05, 4.69) is 41.5 Å². The highest BCUT2D eigenvalue weighted by molar-refractivity contribution is 14.0. The van der Waals surface area contributed by atoms with Crippen LogP contribution in [0.15, 0.2) is 4.99 Å². The average Bonchev–Trinajstić information content (AvgIpc) is 2.81. The number of hydrogen-bond donors (Lipinski definition) is 2. The van der Waals surface area contributed by atoms with Gasteiger partial charge >= 0.3 is 0 Å². The van der Waals surface area contributed by atoms with Crippen molar-refractivity contribution < 1.29 is 0 Å². The summed E-state index contributed by atoms with van der Waals surface area (Å²) in [7, 11) is 3.85. The molecule has 0 radical (unpaired) electrons. The molecule has 128 valence electrons. The summed E-state index contributed by atoms with van der Waals surface area (Å²) in [6, 6.07) is 0. The highest BCUT2D eigenvalue weighted by Crippen LogP contribution is 2.15. The second kappa shape index (κ2) is 11.7. The van der Waals surface area contributed by atoms with Gasteiger partial charge in [-0.05, 0) is 19.3 Å². The Kier molecular flexibility index (Phi) is 11.3. The molecule has 0 aliphatic heterocycles. The van der Waals surface area contributed by atoms with Crippen LogP contribution in [0, 0.1) is 0 Å². The zero-order valence-corrected chi connectivity index (χ0v) is 17.0. The van der Waals surface area contributed by atoms with Crippen molar-refractivity contribution in [2.24, 2.45) is 12.0 Å². The lowest BCUT2D eigenvalue weighted by Crippen LogP contribution is -2.37. The molecule has 0 aliphatic carbocycles. The van der Waals surface area contributed by atoms with Crippen LogP contribution < -0.4 is 10.6 Å². The van der Waals surface area contributed by atoms with Crippen LogP contribution in [0.5, 0.6) is 0 Å². The number of nitrogens with one attached hydrogen (secondary N) is 2. The molecule has 0 saturated carbocycles. The molecule has 0 saturated heterocycles. The summed E-state index contributed by atoms with van der Waals surface area (Å²) in [5.74, 6) is 0.874. The SMILES string of the molecule is CCCCCNC(=NC)NCc1c(CC)nn(C)c1CC.I. The van der Waals surface area contributed by atoms with Gasteiger partial charge in [0.05, 0.1) is 5.69 Å². The standard InChI is InChI=1S/C16H31N5.HI/c1-6-9-10-11-18-16(17-4)19-12-13-14(7-2)20-21(5)15(13)8-3;/h6-12H2,1-5H3,(H2,17,18,19);1H. The minimum Gasteiger partial charge on any atom is -0.356 e. The Morgan fingerprint density at radius 1 is 1.14 bits per heavy atom. The van der Waals surface area contributed by atoms with Crippen LogP contribution in [0.1, 0.15) is 57.0 Å². The summed E-state index contributed by atoms with van der Waals surface area (Å²) < 4.78 is 2.01. The molecule has 2 N–H and O–H groups in total. The van der Waals surface area contributed by atoms with Gasteiger partial charge in [0.1, 0.15) is 0 Å². The molecule has 0 unspecified atom stereocenters. The molecule has 1 heterocycles. The molecule has 0 aliphatic rings. The lowest BCUT2D eigenvalue weighted by Gasteiger charge is -2.12. The molecule has 5 nitrogen and oxygen atoms in total. The van der Waals surface area contributed by atoms with Crippen molar-refractivity contribution >= 4 is 29.9 Å². The third-order valence-electron chi connectivity index (χ3n) is 3.76. The Hall–Kier alpha value is -0.790. The second-order valence-corrected chi connectivity index (χ2v) is 5.26. The fraction of sp³-hybridized carbons (Fsp3) is 0.750. The van der Waals surface area contributed by atoms with Crippen molar-refractivity contribution in [3.8, 4) is 0 Å². The van der Waals surface area contributed by atoms with E-state index in [4.69, 9.17) is 0 Å². The van der Waals surface area contributed by atoms with Gasteiger partial charge in [0.2, 0.25) is 0 Å². The largest absolute Gasteiger partial charge is 0.356 e. The minimum absolute atomic E-state index is 0. The molecule has 0 bridgehead atoms.